The Morgan fingerprint density at radius 3 is 2.79 bits per heavy atom. The molecule has 142 valence electrons. The van der Waals surface area contributed by atoms with Gasteiger partial charge >= 0.3 is 0 Å². The molecule has 3 aromatic rings. The highest BCUT2D eigenvalue weighted by Gasteiger charge is 2.27. The molecule has 0 N–H and O–H groups in total. The molecule has 28 heavy (non-hydrogen) atoms. The first-order chi connectivity index (χ1) is 13.4. The summed E-state index contributed by atoms with van der Waals surface area (Å²) in [6.07, 6.45) is 9.40. The molecule has 0 saturated heterocycles. The Morgan fingerprint density at radius 2 is 2.00 bits per heavy atom. The van der Waals surface area contributed by atoms with E-state index in [-0.39, 0.29) is 5.78 Å². The summed E-state index contributed by atoms with van der Waals surface area (Å²) in [5.74, 6) is 1.16. The monoisotopic (exact) mass is 373 g/mol. The highest BCUT2D eigenvalue weighted by atomic mass is 16.5. The van der Waals surface area contributed by atoms with Crippen LogP contribution in [0.3, 0.4) is 0 Å². The summed E-state index contributed by atoms with van der Waals surface area (Å²) in [4.78, 5) is 12.9. The van der Waals surface area contributed by atoms with Crippen molar-refractivity contribution < 1.29 is 14.3 Å². The number of benzene rings is 2. The van der Waals surface area contributed by atoms with Crippen molar-refractivity contribution in [2.75, 3.05) is 7.11 Å². The van der Waals surface area contributed by atoms with Crippen LogP contribution < -0.4 is 9.47 Å². The Balaban J connectivity index is 1.68. The third kappa shape index (κ3) is 3.22. The van der Waals surface area contributed by atoms with Crippen molar-refractivity contribution in [1.29, 1.82) is 0 Å². The number of ether oxygens (including phenoxy) is 2. The van der Waals surface area contributed by atoms with Crippen LogP contribution in [-0.2, 0) is 7.05 Å². The van der Waals surface area contributed by atoms with Gasteiger partial charge in [-0.1, -0.05) is 12.1 Å². The lowest BCUT2D eigenvalue weighted by Gasteiger charge is -2.29. The van der Waals surface area contributed by atoms with Crippen molar-refractivity contribution in [2.45, 2.75) is 19.4 Å². The number of hydrogen-bond acceptors (Lipinski definition) is 3. The molecule has 1 aromatic heterocycles. The fourth-order valence-corrected chi connectivity index (χ4v) is 3.47. The standard InChI is InChI=1S/C24H23NO3/c1-24(2)13-11-19-22(27-4)10-7-18(23(19)28-24)21(26)9-6-16-5-8-20-17(15-16)12-14-25(20)3/h5-15H,1-4H3. The lowest BCUT2D eigenvalue weighted by Crippen LogP contribution is -2.28. The number of allylic oxidation sites excluding steroid dienone is 1. The number of ketones is 1. The number of fused-ring (bicyclic) bond motifs is 2. The van der Waals surface area contributed by atoms with Gasteiger partial charge in [-0.3, -0.25) is 4.79 Å². The molecule has 0 fully saturated rings. The Kier molecular flexibility index (Phi) is 4.34. The van der Waals surface area contributed by atoms with Gasteiger partial charge in [0.2, 0.25) is 0 Å². The molecule has 0 bridgehead atoms. The van der Waals surface area contributed by atoms with Gasteiger partial charge in [0, 0.05) is 24.1 Å². The number of aromatic nitrogens is 1. The van der Waals surface area contributed by atoms with E-state index < -0.39 is 5.60 Å². The van der Waals surface area contributed by atoms with Gasteiger partial charge in [0.25, 0.3) is 0 Å². The topological polar surface area (TPSA) is 40.5 Å². The number of nitrogens with zero attached hydrogens (tertiary/aromatic N) is 1. The molecule has 4 nitrogen and oxygen atoms in total. The highest BCUT2D eigenvalue weighted by molar-refractivity contribution is 6.09. The van der Waals surface area contributed by atoms with Crippen molar-refractivity contribution in [2.24, 2.45) is 7.05 Å². The van der Waals surface area contributed by atoms with E-state index in [1.807, 2.05) is 57.5 Å². The first kappa shape index (κ1) is 18.1. The molecule has 1 aliphatic rings. The molecular formula is C24H23NO3. The predicted octanol–water partition coefficient (Wildman–Crippen LogP) is 5.27. The van der Waals surface area contributed by atoms with Crippen molar-refractivity contribution in [1.82, 2.24) is 4.57 Å². The largest absolute Gasteiger partial charge is 0.496 e. The van der Waals surface area contributed by atoms with Crippen molar-refractivity contribution in [3.05, 3.63) is 71.4 Å². The number of rotatable bonds is 4. The van der Waals surface area contributed by atoms with E-state index >= 15 is 0 Å². The van der Waals surface area contributed by atoms with Gasteiger partial charge in [0.1, 0.15) is 17.1 Å². The van der Waals surface area contributed by atoms with E-state index in [2.05, 4.69) is 22.8 Å². The van der Waals surface area contributed by atoms with Crippen LogP contribution in [0.4, 0.5) is 0 Å². The summed E-state index contributed by atoms with van der Waals surface area (Å²) in [7, 11) is 3.63. The van der Waals surface area contributed by atoms with Crippen LogP contribution in [0.1, 0.15) is 35.3 Å². The minimum Gasteiger partial charge on any atom is -0.496 e. The molecule has 0 spiro atoms. The Bertz CT molecular complexity index is 1130. The molecule has 4 heteroatoms. The summed E-state index contributed by atoms with van der Waals surface area (Å²) < 4.78 is 13.6. The van der Waals surface area contributed by atoms with Crippen LogP contribution in [0.5, 0.6) is 11.5 Å². The zero-order valence-corrected chi connectivity index (χ0v) is 16.5. The summed E-state index contributed by atoms with van der Waals surface area (Å²) in [6.45, 7) is 3.93. The van der Waals surface area contributed by atoms with Crippen LogP contribution in [0, 0.1) is 0 Å². The lowest BCUT2D eigenvalue weighted by atomic mass is 9.97. The molecule has 2 aromatic carbocycles. The fourth-order valence-electron chi connectivity index (χ4n) is 3.47. The van der Waals surface area contributed by atoms with Crippen LogP contribution in [-0.4, -0.2) is 23.1 Å². The summed E-state index contributed by atoms with van der Waals surface area (Å²) >= 11 is 0. The third-order valence-electron chi connectivity index (χ3n) is 4.99. The molecule has 0 unspecified atom stereocenters. The van der Waals surface area contributed by atoms with Crippen LogP contribution in [0.2, 0.25) is 0 Å². The van der Waals surface area contributed by atoms with Crippen molar-refractivity contribution in [3.63, 3.8) is 0 Å². The van der Waals surface area contributed by atoms with Crippen LogP contribution >= 0.6 is 0 Å². The molecule has 0 saturated carbocycles. The average molecular weight is 373 g/mol. The SMILES string of the molecule is COc1ccc(C(=O)C=Cc2ccc3c(ccn3C)c2)c2c1C=CC(C)(C)O2. The maximum atomic E-state index is 12.9. The van der Waals surface area contributed by atoms with Gasteiger partial charge in [-0.25, -0.2) is 0 Å². The van der Waals surface area contributed by atoms with Gasteiger partial charge < -0.3 is 14.0 Å². The number of methoxy groups -OCH3 is 1. The van der Waals surface area contributed by atoms with E-state index in [0.717, 1.165) is 22.0 Å². The van der Waals surface area contributed by atoms with Gasteiger partial charge in [0.05, 0.1) is 18.2 Å². The first-order valence-corrected chi connectivity index (χ1v) is 9.25. The van der Waals surface area contributed by atoms with E-state index in [1.165, 1.54) is 0 Å². The second-order valence-electron chi connectivity index (χ2n) is 7.54. The van der Waals surface area contributed by atoms with Crippen molar-refractivity contribution in [3.8, 4) is 11.5 Å². The van der Waals surface area contributed by atoms with Gasteiger partial charge in [-0.05, 0) is 68.0 Å². The highest BCUT2D eigenvalue weighted by Crippen LogP contribution is 2.39. The summed E-state index contributed by atoms with van der Waals surface area (Å²) in [6, 6.07) is 11.8. The molecule has 1 aliphatic heterocycles. The number of aryl methyl sites for hydroxylation is 1. The quantitative estimate of drug-likeness (QED) is 0.462. The second-order valence-corrected chi connectivity index (χ2v) is 7.54. The van der Waals surface area contributed by atoms with Crippen molar-refractivity contribution >= 4 is 28.8 Å². The maximum Gasteiger partial charge on any atom is 0.189 e. The molecular weight excluding hydrogens is 350 g/mol. The molecule has 4 rings (SSSR count). The third-order valence-corrected chi connectivity index (χ3v) is 4.99. The van der Waals surface area contributed by atoms with E-state index in [1.54, 1.807) is 19.3 Å². The average Bonchev–Trinajstić information content (AvgIpc) is 3.04. The van der Waals surface area contributed by atoms with Gasteiger partial charge in [0.15, 0.2) is 5.78 Å². The summed E-state index contributed by atoms with van der Waals surface area (Å²) in [5.41, 5.74) is 3.00. The van der Waals surface area contributed by atoms with Crippen LogP contribution in [0.25, 0.3) is 23.1 Å². The normalized spacial score (nSPS) is 14.9. The zero-order chi connectivity index (χ0) is 19.9. The lowest BCUT2D eigenvalue weighted by molar-refractivity contribution is 0.103. The second kappa shape index (κ2) is 6.71. The van der Waals surface area contributed by atoms with Crippen LogP contribution in [0.15, 0.2) is 54.7 Å². The zero-order valence-electron chi connectivity index (χ0n) is 16.5. The summed E-state index contributed by atoms with van der Waals surface area (Å²) in [5, 5.41) is 1.15. The van der Waals surface area contributed by atoms with E-state index in [9.17, 15) is 4.79 Å². The molecule has 0 aliphatic carbocycles. The minimum atomic E-state index is -0.476. The molecule has 0 atom stereocenters. The fraction of sp³-hybridized carbons (Fsp3) is 0.208. The van der Waals surface area contributed by atoms with Gasteiger partial charge in [-0.15, -0.1) is 0 Å². The first-order valence-electron chi connectivity index (χ1n) is 9.25. The predicted molar refractivity (Wildman–Crippen MR) is 113 cm³/mol. The number of hydrogen-bond donors (Lipinski definition) is 0. The molecule has 0 amide bonds. The Morgan fingerprint density at radius 1 is 1.18 bits per heavy atom. The van der Waals surface area contributed by atoms with E-state index in [4.69, 9.17) is 9.47 Å². The Labute approximate surface area is 164 Å². The van der Waals surface area contributed by atoms with E-state index in [0.29, 0.717) is 17.1 Å². The molecule has 0 radical (unpaired) electrons. The van der Waals surface area contributed by atoms with Gasteiger partial charge in [-0.2, -0.15) is 0 Å². The molecule has 2 heterocycles. The smallest absolute Gasteiger partial charge is 0.189 e. The number of carbonyl (C=O) groups is 1. The minimum absolute atomic E-state index is 0.0989. The number of carbonyl (C=O) groups excluding carboxylic acids is 1. The Hall–Kier alpha value is -3.27. The maximum absolute atomic E-state index is 12.9.